The molecule has 3 nitrogen and oxygen atoms in total. The zero-order valence-electron chi connectivity index (χ0n) is 6.90. The van der Waals surface area contributed by atoms with Crippen LogP contribution in [0.5, 0.6) is 0 Å². The van der Waals surface area contributed by atoms with Gasteiger partial charge in [0.05, 0.1) is 17.6 Å². The fourth-order valence-corrected chi connectivity index (χ4v) is 1.60. The standard InChI is InChI=1S/C9H9N3S/c10-8-5-11-3-1-9(8)12-7-2-4-13-6-7/h1-6H,10H2,(H,11,12). The zero-order chi connectivity index (χ0) is 9.10. The first kappa shape index (κ1) is 8.07. The molecular formula is C9H9N3S. The quantitative estimate of drug-likeness (QED) is 0.766. The highest BCUT2D eigenvalue weighted by Crippen LogP contribution is 2.22. The van der Waals surface area contributed by atoms with Crippen LogP contribution >= 0.6 is 11.3 Å². The van der Waals surface area contributed by atoms with Crippen molar-refractivity contribution in [2.75, 3.05) is 11.1 Å². The average Bonchev–Trinajstić information content (AvgIpc) is 2.61. The van der Waals surface area contributed by atoms with Crippen LogP contribution in [-0.4, -0.2) is 4.98 Å². The number of aromatic nitrogens is 1. The summed E-state index contributed by atoms with van der Waals surface area (Å²) < 4.78 is 0. The molecule has 0 atom stereocenters. The predicted octanol–water partition coefficient (Wildman–Crippen LogP) is 2.47. The second-order valence-corrected chi connectivity index (χ2v) is 3.38. The molecule has 4 heteroatoms. The Labute approximate surface area is 80.2 Å². The van der Waals surface area contributed by atoms with E-state index in [1.54, 1.807) is 23.7 Å². The SMILES string of the molecule is Nc1cnccc1Nc1ccsc1. The number of anilines is 3. The largest absolute Gasteiger partial charge is 0.396 e. The van der Waals surface area contributed by atoms with Crippen LogP contribution in [0.2, 0.25) is 0 Å². The van der Waals surface area contributed by atoms with E-state index in [2.05, 4.69) is 10.3 Å². The lowest BCUT2D eigenvalue weighted by Gasteiger charge is -2.05. The van der Waals surface area contributed by atoms with Gasteiger partial charge < -0.3 is 11.1 Å². The molecule has 2 aromatic rings. The summed E-state index contributed by atoms with van der Waals surface area (Å²) in [5.74, 6) is 0. The number of hydrogen-bond donors (Lipinski definition) is 2. The molecule has 0 aromatic carbocycles. The molecule has 0 amide bonds. The number of pyridine rings is 1. The van der Waals surface area contributed by atoms with Crippen LogP contribution in [-0.2, 0) is 0 Å². The van der Waals surface area contributed by atoms with Gasteiger partial charge >= 0.3 is 0 Å². The number of hydrogen-bond acceptors (Lipinski definition) is 4. The van der Waals surface area contributed by atoms with Crippen molar-refractivity contribution in [1.29, 1.82) is 0 Å². The fourth-order valence-electron chi connectivity index (χ4n) is 1.01. The maximum Gasteiger partial charge on any atom is 0.0739 e. The smallest absolute Gasteiger partial charge is 0.0739 e. The first-order valence-electron chi connectivity index (χ1n) is 3.85. The van der Waals surface area contributed by atoms with Crippen LogP contribution < -0.4 is 11.1 Å². The van der Waals surface area contributed by atoms with Crippen molar-refractivity contribution >= 4 is 28.4 Å². The normalized spacial score (nSPS) is 9.85. The van der Waals surface area contributed by atoms with Gasteiger partial charge in [0.1, 0.15) is 0 Å². The van der Waals surface area contributed by atoms with E-state index in [4.69, 9.17) is 5.73 Å². The molecular weight excluding hydrogens is 182 g/mol. The summed E-state index contributed by atoms with van der Waals surface area (Å²) >= 11 is 1.65. The number of nitrogens with zero attached hydrogens (tertiary/aromatic N) is 1. The Balaban J connectivity index is 2.24. The third kappa shape index (κ3) is 1.78. The topological polar surface area (TPSA) is 50.9 Å². The van der Waals surface area contributed by atoms with Crippen molar-refractivity contribution in [3.63, 3.8) is 0 Å². The number of nitrogen functional groups attached to an aromatic ring is 1. The van der Waals surface area contributed by atoms with Crippen LogP contribution in [0.3, 0.4) is 0 Å². The van der Waals surface area contributed by atoms with Crippen molar-refractivity contribution in [1.82, 2.24) is 4.98 Å². The molecule has 2 heterocycles. The van der Waals surface area contributed by atoms with Crippen molar-refractivity contribution in [3.8, 4) is 0 Å². The van der Waals surface area contributed by atoms with Gasteiger partial charge in [-0.05, 0) is 17.5 Å². The molecule has 0 aliphatic rings. The van der Waals surface area contributed by atoms with Crippen LogP contribution in [0.4, 0.5) is 17.1 Å². The second kappa shape index (κ2) is 3.45. The lowest BCUT2D eigenvalue weighted by Crippen LogP contribution is -1.95. The number of thiophene rings is 1. The molecule has 0 bridgehead atoms. The molecule has 2 rings (SSSR count). The number of nitrogens with two attached hydrogens (primary N) is 1. The molecule has 66 valence electrons. The summed E-state index contributed by atoms with van der Waals surface area (Å²) in [6.45, 7) is 0. The van der Waals surface area contributed by atoms with Crippen LogP contribution in [0.25, 0.3) is 0 Å². The first-order chi connectivity index (χ1) is 6.36. The minimum Gasteiger partial charge on any atom is -0.396 e. The summed E-state index contributed by atoms with van der Waals surface area (Å²) in [6, 6.07) is 3.86. The Bertz CT molecular complexity index is 384. The van der Waals surface area contributed by atoms with E-state index in [-0.39, 0.29) is 0 Å². The van der Waals surface area contributed by atoms with E-state index < -0.39 is 0 Å². The van der Waals surface area contributed by atoms with E-state index in [0.717, 1.165) is 11.4 Å². The highest BCUT2D eigenvalue weighted by Gasteiger charge is 1.97. The molecule has 0 unspecified atom stereocenters. The predicted molar refractivity (Wildman–Crippen MR) is 56.3 cm³/mol. The maximum absolute atomic E-state index is 5.72. The van der Waals surface area contributed by atoms with Crippen molar-refractivity contribution < 1.29 is 0 Å². The molecule has 13 heavy (non-hydrogen) atoms. The Morgan fingerprint density at radius 3 is 3.00 bits per heavy atom. The molecule has 0 saturated carbocycles. The third-order valence-corrected chi connectivity index (χ3v) is 2.34. The fraction of sp³-hybridized carbons (Fsp3) is 0. The van der Waals surface area contributed by atoms with Crippen LogP contribution in [0.1, 0.15) is 0 Å². The van der Waals surface area contributed by atoms with E-state index in [0.29, 0.717) is 5.69 Å². The van der Waals surface area contributed by atoms with Gasteiger partial charge in [0.2, 0.25) is 0 Å². The summed E-state index contributed by atoms with van der Waals surface area (Å²) in [6.07, 6.45) is 3.35. The maximum atomic E-state index is 5.72. The van der Waals surface area contributed by atoms with Crippen molar-refractivity contribution in [2.45, 2.75) is 0 Å². The summed E-state index contributed by atoms with van der Waals surface area (Å²) in [7, 11) is 0. The molecule has 0 aliphatic heterocycles. The van der Waals surface area contributed by atoms with E-state index in [9.17, 15) is 0 Å². The Morgan fingerprint density at radius 1 is 1.38 bits per heavy atom. The van der Waals surface area contributed by atoms with E-state index in [1.807, 2.05) is 22.9 Å². The first-order valence-corrected chi connectivity index (χ1v) is 4.79. The van der Waals surface area contributed by atoms with Gasteiger partial charge in [0, 0.05) is 17.3 Å². The van der Waals surface area contributed by atoms with Crippen molar-refractivity contribution in [2.24, 2.45) is 0 Å². The van der Waals surface area contributed by atoms with Gasteiger partial charge in [-0.1, -0.05) is 0 Å². The van der Waals surface area contributed by atoms with Gasteiger partial charge in [-0.3, -0.25) is 4.98 Å². The van der Waals surface area contributed by atoms with Gasteiger partial charge in [-0.25, -0.2) is 0 Å². The minimum atomic E-state index is 0.661. The molecule has 0 radical (unpaired) electrons. The molecule has 0 fully saturated rings. The Morgan fingerprint density at radius 2 is 2.31 bits per heavy atom. The van der Waals surface area contributed by atoms with E-state index >= 15 is 0 Å². The number of rotatable bonds is 2. The molecule has 3 N–H and O–H groups in total. The minimum absolute atomic E-state index is 0.661. The Hall–Kier alpha value is -1.55. The molecule has 0 spiro atoms. The average molecular weight is 191 g/mol. The van der Waals surface area contributed by atoms with Crippen LogP contribution in [0, 0.1) is 0 Å². The van der Waals surface area contributed by atoms with Gasteiger partial charge in [-0.15, -0.1) is 0 Å². The zero-order valence-corrected chi connectivity index (χ0v) is 7.71. The summed E-state index contributed by atoms with van der Waals surface area (Å²) in [4.78, 5) is 3.91. The lowest BCUT2D eigenvalue weighted by atomic mass is 10.3. The highest BCUT2D eigenvalue weighted by atomic mass is 32.1. The summed E-state index contributed by atoms with van der Waals surface area (Å²) in [5.41, 5.74) is 8.33. The third-order valence-electron chi connectivity index (χ3n) is 1.65. The van der Waals surface area contributed by atoms with E-state index in [1.165, 1.54) is 0 Å². The monoisotopic (exact) mass is 191 g/mol. The summed E-state index contributed by atoms with van der Waals surface area (Å²) in [5, 5.41) is 7.24. The highest BCUT2D eigenvalue weighted by molar-refractivity contribution is 7.08. The Kier molecular flexibility index (Phi) is 2.14. The van der Waals surface area contributed by atoms with Crippen LogP contribution in [0.15, 0.2) is 35.3 Å². The molecule has 0 aliphatic carbocycles. The molecule has 2 aromatic heterocycles. The second-order valence-electron chi connectivity index (χ2n) is 2.60. The number of nitrogens with one attached hydrogen (secondary N) is 1. The molecule has 0 saturated heterocycles. The van der Waals surface area contributed by atoms with Gasteiger partial charge in [0.15, 0.2) is 0 Å². The van der Waals surface area contributed by atoms with Gasteiger partial charge in [-0.2, -0.15) is 11.3 Å². The lowest BCUT2D eigenvalue weighted by molar-refractivity contribution is 1.33. The van der Waals surface area contributed by atoms with Gasteiger partial charge in [0.25, 0.3) is 0 Å². The van der Waals surface area contributed by atoms with Crippen molar-refractivity contribution in [3.05, 3.63) is 35.3 Å².